The minimum Gasteiger partial charge on any atom is -0.396 e. The van der Waals surface area contributed by atoms with E-state index in [1.807, 2.05) is 0 Å². The largest absolute Gasteiger partial charge is 0.396 e. The molecule has 2 fully saturated rings. The first-order chi connectivity index (χ1) is 8.54. The first-order valence-corrected chi connectivity index (χ1v) is 8.07. The summed E-state index contributed by atoms with van der Waals surface area (Å²) in [6.07, 6.45) is 3.63. The zero-order chi connectivity index (χ0) is 13.2. The van der Waals surface area contributed by atoms with Crippen LogP contribution in [0.3, 0.4) is 0 Å². The molecular formula is C11H23N3O3S. The lowest BCUT2D eigenvalue weighted by molar-refractivity contribution is 0.274. The number of hydrogen-bond acceptors (Lipinski definition) is 4. The van der Waals surface area contributed by atoms with Gasteiger partial charge >= 0.3 is 0 Å². The minimum atomic E-state index is -3.41. The van der Waals surface area contributed by atoms with E-state index < -0.39 is 10.2 Å². The van der Waals surface area contributed by atoms with Crippen LogP contribution in [-0.4, -0.2) is 68.1 Å². The molecule has 0 saturated carbocycles. The molecule has 2 aliphatic heterocycles. The molecule has 2 rings (SSSR count). The molecule has 2 N–H and O–H groups in total. The third-order valence-corrected chi connectivity index (χ3v) is 5.55. The van der Waals surface area contributed by atoms with E-state index in [9.17, 15) is 8.42 Å². The van der Waals surface area contributed by atoms with Crippen molar-refractivity contribution < 1.29 is 13.5 Å². The predicted molar refractivity (Wildman–Crippen MR) is 69.4 cm³/mol. The van der Waals surface area contributed by atoms with Gasteiger partial charge in [0.15, 0.2) is 0 Å². The summed E-state index contributed by atoms with van der Waals surface area (Å²) < 4.78 is 28.3. The van der Waals surface area contributed by atoms with Crippen LogP contribution in [0.5, 0.6) is 0 Å². The second-order valence-electron chi connectivity index (χ2n) is 5.16. The van der Waals surface area contributed by atoms with Gasteiger partial charge in [-0.25, -0.2) is 0 Å². The predicted octanol–water partition coefficient (Wildman–Crippen LogP) is -0.628. The molecule has 2 saturated heterocycles. The average Bonchev–Trinajstić information content (AvgIpc) is 2.90. The summed E-state index contributed by atoms with van der Waals surface area (Å²) >= 11 is 0. The van der Waals surface area contributed by atoms with Crippen molar-refractivity contribution in [2.45, 2.75) is 37.8 Å². The van der Waals surface area contributed by atoms with Crippen LogP contribution in [-0.2, 0) is 10.2 Å². The normalized spacial score (nSPS) is 29.1. The molecule has 2 aliphatic rings. The molecule has 0 aromatic rings. The van der Waals surface area contributed by atoms with Gasteiger partial charge in [-0.15, -0.1) is 0 Å². The van der Waals surface area contributed by atoms with Crippen molar-refractivity contribution in [2.75, 3.05) is 33.3 Å². The standard InChI is InChI=1S/C11H23N3O3S/c1-13(6-3-9-15)18(16,17)12-10-5-8-14-7-2-4-11(10)14/h10-12,15H,2-9H2,1H3. The third-order valence-electron chi connectivity index (χ3n) is 3.95. The first kappa shape index (κ1) is 14.2. The number of nitrogens with zero attached hydrogens (tertiary/aromatic N) is 2. The highest BCUT2D eigenvalue weighted by molar-refractivity contribution is 7.87. The van der Waals surface area contributed by atoms with Crippen molar-refractivity contribution in [3.63, 3.8) is 0 Å². The maximum absolute atomic E-state index is 12.1. The van der Waals surface area contributed by atoms with Crippen LogP contribution in [0.25, 0.3) is 0 Å². The number of hydrogen-bond donors (Lipinski definition) is 2. The van der Waals surface area contributed by atoms with Crippen LogP contribution in [0.15, 0.2) is 0 Å². The van der Waals surface area contributed by atoms with Crippen molar-refractivity contribution in [1.82, 2.24) is 13.9 Å². The summed E-state index contributed by atoms with van der Waals surface area (Å²) in [7, 11) is -1.85. The topological polar surface area (TPSA) is 72.9 Å². The maximum Gasteiger partial charge on any atom is 0.279 e. The Morgan fingerprint density at radius 3 is 2.89 bits per heavy atom. The molecule has 18 heavy (non-hydrogen) atoms. The fourth-order valence-electron chi connectivity index (χ4n) is 2.91. The van der Waals surface area contributed by atoms with Gasteiger partial charge in [0.2, 0.25) is 0 Å². The lowest BCUT2D eigenvalue weighted by Crippen LogP contribution is -2.48. The van der Waals surface area contributed by atoms with Crippen LogP contribution in [0.2, 0.25) is 0 Å². The van der Waals surface area contributed by atoms with Gasteiger partial charge < -0.3 is 5.11 Å². The molecule has 2 heterocycles. The van der Waals surface area contributed by atoms with Crippen LogP contribution in [0.4, 0.5) is 0 Å². The van der Waals surface area contributed by atoms with E-state index in [2.05, 4.69) is 9.62 Å². The molecule has 0 bridgehead atoms. The summed E-state index contributed by atoms with van der Waals surface area (Å²) in [6.45, 7) is 2.47. The van der Waals surface area contributed by atoms with Crippen molar-refractivity contribution in [3.8, 4) is 0 Å². The van der Waals surface area contributed by atoms with Gasteiger partial charge in [0.25, 0.3) is 10.2 Å². The Kier molecular flexibility index (Phi) is 4.60. The monoisotopic (exact) mass is 277 g/mol. The lowest BCUT2D eigenvalue weighted by Gasteiger charge is -2.24. The Morgan fingerprint density at radius 1 is 1.39 bits per heavy atom. The van der Waals surface area contributed by atoms with Crippen molar-refractivity contribution in [3.05, 3.63) is 0 Å². The van der Waals surface area contributed by atoms with E-state index in [1.165, 1.54) is 10.7 Å². The molecule has 7 heteroatoms. The van der Waals surface area contributed by atoms with Crippen molar-refractivity contribution in [1.29, 1.82) is 0 Å². The molecule has 106 valence electrons. The van der Waals surface area contributed by atoms with Gasteiger partial charge in [0, 0.05) is 38.8 Å². The Balaban J connectivity index is 1.91. The number of fused-ring (bicyclic) bond motifs is 1. The molecular weight excluding hydrogens is 254 g/mol. The molecule has 0 aliphatic carbocycles. The summed E-state index contributed by atoms with van der Waals surface area (Å²) in [6, 6.07) is 0.431. The lowest BCUT2D eigenvalue weighted by atomic mass is 10.1. The molecule has 0 amide bonds. The van der Waals surface area contributed by atoms with Gasteiger partial charge in [-0.1, -0.05) is 0 Å². The quantitative estimate of drug-likeness (QED) is 0.678. The van der Waals surface area contributed by atoms with E-state index in [4.69, 9.17) is 5.11 Å². The molecule has 0 aromatic heterocycles. The number of nitrogens with one attached hydrogen (secondary N) is 1. The second kappa shape index (κ2) is 5.83. The highest BCUT2D eigenvalue weighted by atomic mass is 32.2. The first-order valence-electron chi connectivity index (χ1n) is 6.63. The summed E-state index contributed by atoms with van der Waals surface area (Å²) in [4.78, 5) is 2.38. The fraction of sp³-hybridized carbons (Fsp3) is 1.00. The molecule has 0 aromatic carbocycles. The average molecular weight is 277 g/mol. The third kappa shape index (κ3) is 3.03. The zero-order valence-corrected chi connectivity index (χ0v) is 11.7. The van der Waals surface area contributed by atoms with Crippen LogP contribution in [0.1, 0.15) is 25.7 Å². The summed E-state index contributed by atoms with van der Waals surface area (Å²) in [5.74, 6) is 0. The van der Waals surface area contributed by atoms with Crippen LogP contribution in [0, 0.1) is 0 Å². The highest BCUT2D eigenvalue weighted by Gasteiger charge is 2.39. The second-order valence-corrected chi connectivity index (χ2v) is 6.97. The number of aliphatic hydroxyl groups excluding tert-OH is 1. The van der Waals surface area contributed by atoms with E-state index >= 15 is 0 Å². The van der Waals surface area contributed by atoms with Crippen molar-refractivity contribution >= 4 is 10.2 Å². The molecule has 6 nitrogen and oxygen atoms in total. The van der Waals surface area contributed by atoms with Gasteiger partial charge in [0.05, 0.1) is 0 Å². The van der Waals surface area contributed by atoms with Crippen LogP contribution < -0.4 is 4.72 Å². The maximum atomic E-state index is 12.1. The fourth-order valence-corrected chi connectivity index (χ4v) is 4.12. The van der Waals surface area contributed by atoms with E-state index in [0.29, 0.717) is 19.0 Å². The van der Waals surface area contributed by atoms with Crippen molar-refractivity contribution in [2.24, 2.45) is 0 Å². The summed E-state index contributed by atoms with van der Waals surface area (Å²) in [5.41, 5.74) is 0. The molecule has 2 atom stereocenters. The van der Waals surface area contributed by atoms with E-state index in [1.54, 1.807) is 7.05 Å². The van der Waals surface area contributed by atoms with Crippen LogP contribution >= 0.6 is 0 Å². The Morgan fingerprint density at radius 2 is 2.17 bits per heavy atom. The summed E-state index contributed by atoms with van der Waals surface area (Å²) in [5, 5.41) is 8.74. The number of rotatable bonds is 6. The molecule has 2 unspecified atom stereocenters. The van der Waals surface area contributed by atoms with Gasteiger partial charge in [-0.2, -0.15) is 17.4 Å². The SMILES string of the molecule is CN(CCCO)S(=O)(=O)NC1CCN2CCCC12. The molecule has 0 radical (unpaired) electrons. The zero-order valence-electron chi connectivity index (χ0n) is 10.9. The number of aliphatic hydroxyl groups is 1. The molecule has 0 spiro atoms. The van der Waals surface area contributed by atoms with Gasteiger partial charge in [0.1, 0.15) is 0 Å². The van der Waals surface area contributed by atoms with Gasteiger partial charge in [-0.3, -0.25) is 4.90 Å². The van der Waals surface area contributed by atoms with Gasteiger partial charge in [-0.05, 0) is 32.2 Å². The Hall–Kier alpha value is -0.210. The highest BCUT2D eigenvalue weighted by Crippen LogP contribution is 2.28. The Bertz CT molecular complexity index is 374. The van der Waals surface area contributed by atoms with E-state index in [0.717, 1.165) is 25.9 Å². The minimum absolute atomic E-state index is 0.0136. The van der Waals surface area contributed by atoms with E-state index in [-0.39, 0.29) is 12.6 Å². The smallest absolute Gasteiger partial charge is 0.279 e. The Labute approximate surface area is 109 Å².